The first-order valence-corrected chi connectivity index (χ1v) is 13.2. The minimum atomic E-state index is -0.212. The Kier molecular flexibility index (Phi) is 7.36. The van der Waals surface area contributed by atoms with Crippen LogP contribution in [0, 0.1) is 6.92 Å². The van der Waals surface area contributed by atoms with Gasteiger partial charge in [-0.1, -0.05) is 29.4 Å². The monoisotopic (exact) mass is 533 g/mol. The summed E-state index contributed by atoms with van der Waals surface area (Å²) in [5, 5.41) is 15.7. The highest BCUT2D eigenvalue weighted by Crippen LogP contribution is 2.32. The van der Waals surface area contributed by atoms with Crippen molar-refractivity contribution < 1.29 is 4.79 Å². The van der Waals surface area contributed by atoms with E-state index in [9.17, 15) is 4.79 Å². The number of amides is 1. The number of aromatic nitrogens is 6. The molecule has 8 nitrogen and oxygen atoms in total. The highest BCUT2D eigenvalue weighted by Gasteiger charge is 2.19. The van der Waals surface area contributed by atoms with Gasteiger partial charge in [0.15, 0.2) is 11.0 Å². The number of hydrogen-bond donors (Lipinski definition) is 1. The fourth-order valence-corrected chi connectivity index (χ4v) is 5.37. The third kappa shape index (κ3) is 5.46. The third-order valence-corrected chi connectivity index (χ3v) is 7.48. The van der Waals surface area contributed by atoms with Gasteiger partial charge in [-0.3, -0.25) is 19.3 Å². The van der Waals surface area contributed by atoms with Gasteiger partial charge >= 0.3 is 0 Å². The minimum absolute atomic E-state index is 0.212. The Morgan fingerprint density at radius 2 is 1.97 bits per heavy atom. The van der Waals surface area contributed by atoms with E-state index >= 15 is 0 Å². The van der Waals surface area contributed by atoms with Crippen LogP contribution in [0.2, 0.25) is 5.02 Å². The van der Waals surface area contributed by atoms with E-state index in [1.54, 1.807) is 30.2 Å². The Hall–Kier alpha value is -3.60. The smallest absolute Gasteiger partial charge is 0.271 e. The number of aryl methyl sites for hydroxylation is 1. The van der Waals surface area contributed by atoms with Gasteiger partial charge in [0.25, 0.3) is 5.91 Å². The van der Waals surface area contributed by atoms with E-state index in [0.717, 1.165) is 27.4 Å². The summed E-state index contributed by atoms with van der Waals surface area (Å²) in [7, 11) is 0. The van der Waals surface area contributed by atoms with Crippen LogP contribution in [0.15, 0.2) is 77.8 Å². The fourth-order valence-electron chi connectivity index (χ4n) is 3.47. The zero-order valence-electron chi connectivity index (χ0n) is 19.1. The van der Waals surface area contributed by atoms with Crippen molar-refractivity contribution in [1.29, 1.82) is 0 Å². The molecule has 0 aliphatic carbocycles. The number of rotatable bonds is 8. The van der Waals surface area contributed by atoms with Gasteiger partial charge in [0.1, 0.15) is 10.7 Å². The Bertz CT molecular complexity index is 1490. The molecule has 180 valence electrons. The summed E-state index contributed by atoms with van der Waals surface area (Å²) in [6.07, 6.45) is 6.87. The molecule has 0 bridgehead atoms. The lowest BCUT2D eigenvalue weighted by Crippen LogP contribution is -2.23. The van der Waals surface area contributed by atoms with Crippen LogP contribution in [0.25, 0.3) is 17.1 Å². The molecule has 5 rings (SSSR count). The summed E-state index contributed by atoms with van der Waals surface area (Å²) in [6.45, 7) is 2.44. The zero-order chi connectivity index (χ0) is 24.9. The van der Waals surface area contributed by atoms with Gasteiger partial charge in [-0.2, -0.15) is 0 Å². The molecule has 1 amide bonds. The van der Waals surface area contributed by atoms with Crippen LogP contribution in [0.4, 0.5) is 0 Å². The van der Waals surface area contributed by atoms with E-state index in [1.807, 2.05) is 54.0 Å². The summed E-state index contributed by atoms with van der Waals surface area (Å²) >= 11 is 9.27. The second-order valence-electron chi connectivity index (χ2n) is 7.77. The van der Waals surface area contributed by atoms with E-state index in [4.69, 9.17) is 11.6 Å². The predicted octanol–water partition coefficient (Wildman–Crippen LogP) is 5.36. The van der Waals surface area contributed by atoms with E-state index in [-0.39, 0.29) is 5.91 Å². The lowest BCUT2D eigenvalue weighted by Gasteiger charge is -2.13. The molecule has 0 saturated carbocycles. The molecule has 0 aliphatic rings. The number of halogens is 1. The van der Waals surface area contributed by atoms with Crippen molar-refractivity contribution in [2.75, 3.05) is 0 Å². The lowest BCUT2D eigenvalue weighted by atomic mass is 10.2. The topological polar surface area (TPSA) is 98.5 Å². The maximum absolute atomic E-state index is 12.5. The first kappa shape index (κ1) is 24.1. The Morgan fingerprint density at radius 3 is 2.78 bits per heavy atom. The van der Waals surface area contributed by atoms with E-state index in [2.05, 4.69) is 30.5 Å². The molecule has 0 spiro atoms. The number of benzene rings is 1. The van der Waals surface area contributed by atoms with Gasteiger partial charge in [0, 0.05) is 47.3 Å². The van der Waals surface area contributed by atoms with Crippen molar-refractivity contribution in [2.24, 2.45) is 0 Å². The highest BCUT2D eigenvalue weighted by molar-refractivity contribution is 7.98. The van der Waals surface area contributed by atoms with E-state index in [1.165, 1.54) is 23.1 Å². The van der Waals surface area contributed by atoms with Gasteiger partial charge < -0.3 is 5.32 Å². The van der Waals surface area contributed by atoms with Crippen molar-refractivity contribution in [2.45, 2.75) is 24.4 Å². The SMILES string of the molecule is Cc1ccc(Cl)cc1-n1c(SCc2nc(C(=O)NCc3ccncc3)cs2)nnc1-c1cccnc1. The van der Waals surface area contributed by atoms with Crippen molar-refractivity contribution in [1.82, 2.24) is 35.0 Å². The van der Waals surface area contributed by atoms with Gasteiger partial charge in [0.2, 0.25) is 0 Å². The second-order valence-corrected chi connectivity index (χ2v) is 10.1. The van der Waals surface area contributed by atoms with Gasteiger partial charge in [-0.15, -0.1) is 21.5 Å². The predicted molar refractivity (Wildman–Crippen MR) is 141 cm³/mol. The molecule has 0 fully saturated rings. The molecule has 0 atom stereocenters. The highest BCUT2D eigenvalue weighted by atomic mass is 35.5. The minimum Gasteiger partial charge on any atom is -0.347 e. The quantitative estimate of drug-likeness (QED) is 0.268. The number of carbonyl (C=O) groups excluding carboxylic acids is 1. The molecule has 0 radical (unpaired) electrons. The van der Waals surface area contributed by atoms with Gasteiger partial charge in [-0.25, -0.2) is 4.98 Å². The third-order valence-electron chi connectivity index (χ3n) is 5.28. The maximum Gasteiger partial charge on any atom is 0.271 e. The van der Waals surface area contributed by atoms with Crippen molar-refractivity contribution in [3.05, 3.63) is 99.5 Å². The number of pyridine rings is 2. The first-order chi connectivity index (χ1) is 17.6. The standard InChI is InChI=1S/C25H20ClN7OS2/c1-16-4-5-19(26)11-21(16)33-23(18-3-2-8-28-13-18)31-32-25(33)36-15-22-30-20(14-35-22)24(34)29-12-17-6-9-27-10-7-17/h2-11,13-14H,12,15H2,1H3,(H,29,34). The fraction of sp³-hybridized carbons (Fsp3) is 0.120. The molecule has 1 aromatic carbocycles. The summed E-state index contributed by atoms with van der Waals surface area (Å²) in [6, 6.07) is 13.3. The first-order valence-electron chi connectivity index (χ1n) is 10.9. The van der Waals surface area contributed by atoms with Crippen molar-refractivity contribution in [3.63, 3.8) is 0 Å². The number of carbonyl (C=O) groups is 1. The molecular formula is C25H20ClN7OS2. The van der Waals surface area contributed by atoms with Crippen LogP contribution in [-0.2, 0) is 12.3 Å². The van der Waals surface area contributed by atoms with Crippen LogP contribution >= 0.6 is 34.7 Å². The van der Waals surface area contributed by atoms with Crippen LogP contribution in [-0.4, -0.2) is 35.6 Å². The second kappa shape index (κ2) is 11.0. The van der Waals surface area contributed by atoms with E-state index in [0.29, 0.717) is 34.0 Å². The van der Waals surface area contributed by atoms with Crippen LogP contribution in [0.1, 0.15) is 26.6 Å². The molecule has 0 aliphatic heterocycles. The number of hydrogen-bond acceptors (Lipinski definition) is 8. The zero-order valence-corrected chi connectivity index (χ0v) is 21.5. The summed E-state index contributed by atoms with van der Waals surface area (Å²) < 4.78 is 1.98. The molecule has 4 heterocycles. The summed E-state index contributed by atoms with van der Waals surface area (Å²) in [4.78, 5) is 25.3. The summed E-state index contributed by atoms with van der Waals surface area (Å²) in [5.74, 6) is 0.995. The number of thiazole rings is 1. The molecular weight excluding hydrogens is 514 g/mol. The van der Waals surface area contributed by atoms with Crippen LogP contribution < -0.4 is 5.32 Å². The normalized spacial score (nSPS) is 10.9. The largest absolute Gasteiger partial charge is 0.347 e. The Balaban J connectivity index is 1.35. The molecule has 11 heteroatoms. The molecule has 0 unspecified atom stereocenters. The Morgan fingerprint density at radius 1 is 1.11 bits per heavy atom. The number of nitrogens with one attached hydrogen (secondary N) is 1. The van der Waals surface area contributed by atoms with Crippen molar-refractivity contribution >= 4 is 40.6 Å². The molecule has 4 aromatic heterocycles. The molecule has 5 aromatic rings. The lowest BCUT2D eigenvalue weighted by molar-refractivity contribution is 0.0946. The van der Waals surface area contributed by atoms with Gasteiger partial charge in [0.05, 0.1) is 11.4 Å². The van der Waals surface area contributed by atoms with Crippen LogP contribution in [0.3, 0.4) is 0 Å². The number of thioether (sulfide) groups is 1. The molecule has 1 N–H and O–H groups in total. The van der Waals surface area contributed by atoms with E-state index < -0.39 is 0 Å². The Labute approximate surface area is 220 Å². The molecule has 0 saturated heterocycles. The van der Waals surface area contributed by atoms with Crippen molar-refractivity contribution in [3.8, 4) is 17.1 Å². The summed E-state index contributed by atoms with van der Waals surface area (Å²) in [5.41, 5.74) is 4.15. The maximum atomic E-state index is 12.5. The average Bonchev–Trinajstić information content (AvgIpc) is 3.56. The number of nitrogens with zero attached hydrogens (tertiary/aromatic N) is 6. The average molecular weight is 534 g/mol. The molecule has 36 heavy (non-hydrogen) atoms. The van der Waals surface area contributed by atoms with Gasteiger partial charge in [-0.05, 0) is 54.4 Å². The van der Waals surface area contributed by atoms with Crippen LogP contribution in [0.5, 0.6) is 0 Å².